The van der Waals surface area contributed by atoms with E-state index in [1.165, 1.54) is 11.1 Å². The van der Waals surface area contributed by atoms with Crippen LogP contribution in [0.1, 0.15) is 52.7 Å². The van der Waals surface area contributed by atoms with E-state index >= 15 is 0 Å². The zero-order chi connectivity index (χ0) is 18.6. The van der Waals surface area contributed by atoms with E-state index in [0.29, 0.717) is 25.1 Å². The molecule has 2 N–H and O–H groups in total. The third-order valence-corrected chi connectivity index (χ3v) is 6.40. The van der Waals surface area contributed by atoms with Crippen LogP contribution < -0.4 is 10.6 Å². The lowest BCUT2D eigenvalue weighted by atomic mass is 9.78. The first-order valence-electron chi connectivity index (χ1n) is 9.73. The quantitative estimate of drug-likeness (QED) is 0.708. The van der Waals surface area contributed by atoms with E-state index in [9.17, 15) is 14.4 Å². The van der Waals surface area contributed by atoms with Gasteiger partial charge in [-0.1, -0.05) is 6.07 Å². The van der Waals surface area contributed by atoms with E-state index in [1.807, 2.05) is 6.07 Å². The van der Waals surface area contributed by atoms with E-state index in [4.69, 9.17) is 4.74 Å². The minimum absolute atomic E-state index is 0.104. The molecule has 1 unspecified atom stereocenters. The molecule has 0 bridgehead atoms. The number of rotatable bonds is 1. The number of hydrogen-bond acceptors (Lipinski definition) is 5. The van der Waals surface area contributed by atoms with Crippen molar-refractivity contribution < 1.29 is 19.1 Å². The Balaban J connectivity index is 1.49. The molecule has 7 heteroatoms. The van der Waals surface area contributed by atoms with Crippen LogP contribution in [-0.4, -0.2) is 48.4 Å². The minimum Gasteiger partial charge on any atom is -0.370 e. The lowest BCUT2D eigenvalue weighted by molar-refractivity contribution is -0.136. The van der Waals surface area contributed by atoms with Crippen LogP contribution in [0.2, 0.25) is 0 Å². The van der Waals surface area contributed by atoms with Crippen molar-refractivity contribution in [1.29, 1.82) is 0 Å². The third kappa shape index (κ3) is 2.60. The van der Waals surface area contributed by atoms with E-state index in [2.05, 4.69) is 16.7 Å². The van der Waals surface area contributed by atoms with E-state index < -0.39 is 6.04 Å². The van der Waals surface area contributed by atoms with Crippen molar-refractivity contribution in [3.63, 3.8) is 0 Å². The molecule has 27 heavy (non-hydrogen) atoms. The number of ether oxygens (including phenoxy) is 1. The van der Waals surface area contributed by atoms with Gasteiger partial charge in [-0.05, 0) is 61.5 Å². The van der Waals surface area contributed by atoms with Gasteiger partial charge < -0.3 is 15.0 Å². The molecule has 1 aromatic carbocycles. The SMILES string of the molecule is O=C1CCC(N2Cc3cc4c(cc3C2=O)CCOC42CCNCC2)C(=O)N1. The molecule has 1 aromatic rings. The van der Waals surface area contributed by atoms with Crippen molar-refractivity contribution in [3.05, 3.63) is 34.4 Å². The van der Waals surface area contributed by atoms with Gasteiger partial charge in [-0.25, -0.2) is 0 Å². The number of carbonyl (C=O) groups excluding carboxylic acids is 3. The molecule has 2 saturated heterocycles. The summed E-state index contributed by atoms with van der Waals surface area (Å²) in [6.45, 7) is 2.95. The van der Waals surface area contributed by atoms with Crippen molar-refractivity contribution in [2.75, 3.05) is 19.7 Å². The summed E-state index contributed by atoms with van der Waals surface area (Å²) in [7, 11) is 0. The highest BCUT2D eigenvalue weighted by Crippen LogP contribution is 2.42. The Bertz CT molecular complexity index is 844. The molecular weight excluding hydrogens is 346 g/mol. The fourth-order valence-corrected chi connectivity index (χ4v) is 4.97. The molecule has 4 aliphatic heterocycles. The first-order valence-corrected chi connectivity index (χ1v) is 9.73. The molecule has 7 nitrogen and oxygen atoms in total. The van der Waals surface area contributed by atoms with E-state index in [1.54, 1.807) is 4.90 Å². The van der Waals surface area contributed by atoms with Crippen molar-refractivity contribution in [2.45, 2.75) is 50.3 Å². The molecule has 0 aliphatic carbocycles. The molecular formula is C20H23N3O4. The van der Waals surface area contributed by atoms with Gasteiger partial charge in [0.25, 0.3) is 5.91 Å². The largest absolute Gasteiger partial charge is 0.370 e. The Morgan fingerprint density at radius 2 is 1.89 bits per heavy atom. The maximum Gasteiger partial charge on any atom is 0.255 e. The van der Waals surface area contributed by atoms with Gasteiger partial charge in [-0.15, -0.1) is 0 Å². The summed E-state index contributed by atoms with van der Waals surface area (Å²) < 4.78 is 6.25. The van der Waals surface area contributed by atoms with Crippen LogP contribution in [0.3, 0.4) is 0 Å². The van der Waals surface area contributed by atoms with E-state index in [-0.39, 0.29) is 29.7 Å². The Labute approximate surface area is 157 Å². The average molecular weight is 369 g/mol. The molecule has 3 amide bonds. The van der Waals surface area contributed by atoms with E-state index in [0.717, 1.165) is 37.9 Å². The van der Waals surface area contributed by atoms with Gasteiger partial charge in [0.1, 0.15) is 6.04 Å². The Hall–Kier alpha value is -2.25. The number of nitrogens with one attached hydrogen (secondary N) is 2. The molecule has 1 spiro atoms. The second-order valence-corrected chi connectivity index (χ2v) is 7.91. The normalized spacial score (nSPS) is 26.7. The standard InChI is InChI=1S/C20H23N3O4/c24-17-2-1-16(18(25)22-17)23-11-13-10-15-12(9-14(13)19(23)26)3-8-27-20(15)4-6-21-7-5-20/h9-10,16,21H,1-8,11H2,(H,22,24,25). The Morgan fingerprint density at radius 3 is 2.67 bits per heavy atom. The van der Waals surface area contributed by atoms with Crippen molar-refractivity contribution in [2.24, 2.45) is 0 Å². The van der Waals surface area contributed by atoms with Crippen LogP contribution in [0, 0.1) is 0 Å². The van der Waals surface area contributed by atoms with Gasteiger partial charge in [0.2, 0.25) is 11.8 Å². The number of fused-ring (bicyclic) bond motifs is 3. The zero-order valence-corrected chi connectivity index (χ0v) is 15.2. The molecule has 1 atom stereocenters. The number of amides is 3. The van der Waals surface area contributed by atoms with Crippen LogP contribution in [0.25, 0.3) is 0 Å². The first-order chi connectivity index (χ1) is 13.1. The lowest BCUT2D eigenvalue weighted by Crippen LogP contribution is -2.52. The number of hydrogen-bond donors (Lipinski definition) is 2. The second kappa shape index (κ2) is 6.14. The summed E-state index contributed by atoms with van der Waals surface area (Å²) in [5.74, 6) is -0.732. The highest BCUT2D eigenvalue weighted by atomic mass is 16.5. The molecule has 142 valence electrons. The van der Waals surface area contributed by atoms with Crippen LogP contribution in [0.15, 0.2) is 12.1 Å². The van der Waals surface area contributed by atoms with Crippen LogP contribution in [-0.2, 0) is 32.9 Å². The number of nitrogens with zero attached hydrogens (tertiary/aromatic N) is 1. The number of carbonyl (C=O) groups is 3. The molecule has 5 rings (SSSR count). The monoisotopic (exact) mass is 369 g/mol. The predicted molar refractivity (Wildman–Crippen MR) is 95.9 cm³/mol. The molecule has 0 radical (unpaired) electrons. The van der Waals surface area contributed by atoms with Gasteiger partial charge >= 0.3 is 0 Å². The third-order valence-electron chi connectivity index (χ3n) is 6.40. The molecule has 2 fully saturated rings. The Kier molecular flexibility index (Phi) is 3.84. The van der Waals surface area contributed by atoms with Crippen LogP contribution in [0.4, 0.5) is 0 Å². The fourth-order valence-electron chi connectivity index (χ4n) is 4.97. The summed E-state index contributed by atoms with van der Waals surface area (Å²) >= 11 is 0. The van der Waals surface area contributed by atoms with Gasteiger partial charge in [0.15, 0.2) is 0 Å². The molecule has 0 saturated carbocycles. The highest BCUT2D eigenvalue weighted by Gasteiger charge is 2.43. The van der Waals surface area contributed by atoms with Gasteiger partial charge in [0, 0.05) is 18.5 Å². The topological polar surface area (TPSA) is 87.7 Å². The smallest absolute Gasteiger partial charge is 0.255 e. The van der Waals surface area contributed by atoms with Crippen LogP contribution in [0.5, 0.6) is 0 Å². The average Bonchev–Trinajstić information content (AvgIpc) is 2.98. The lowest BCUT2D eigenvalue weighted by Gasteiger charge is -2.42. The first kappa shape index (κ1) is 16.9. The van der Waals surface area contributed by atoms with Crippen molar-refractivity contribution in [1.82, 2.24) is 15.5 Å². The van der Waals surface area contributed by atoms with Crippen molar-refractivity contribution in [3.8, 4) is 0 Å². The number of piperidine rings is 2. The summed E-state index contributed by atoms with van der Waals surface area (Å²) in [4.78, 5) is 38.3. The Morgan fingerprint density at radius 1 is 1.07 bits per heavy atom. The van der Waals surface area contributed by atoms with Crippen LogP contribution >= 0.6 is 0 Å². The predicted octanol–water partition coefficient (Wildman–Crippen LogP) is 0.599. The minimum atomic E-state index is -0.566. The van der Waals surface area contributed by atoms with Gasteiger partial charge in [-0.2, -0.15) is 0 Å². The molecule has 4 heterocycles. The van der Waals surface area contributed by atoms with Gasteiger partial charge in [-0.3, -0.25) is 19.7 Å². The molecule has 0 aromatic heterocycles. The van der Waals surface area contributed by atoms with Gasteiger partial charge in [0.05, 0.1) is 12.2 Å². The summed E-state index contributed by atoms with van der Waals surface area (Å²) in [5.41, 5.74) is 3.82. The fraction of sp³-hybridized carbons (Fsp3) is 0.550. The highest BCUT2D eigenvalue weighted by molar-refractivity contribution is 6.05. The van der Waals surface area contributed by atoms with Crippen molar-refractivity contribution >= 4 is 17.7 Å². The number of benzene rings is 1. The second-order valence-electron chi connectivity index (χ2n) is 7.91. The summed E-state index contributed by atoms with van der Waals surface area (Å²) in [6.07, 6.45) is 3.34. The number of imide groups is 1. The maximum atomic E-state index is 13.0. The maximum absolute atomic E-state index is 13.0. The summed E-state index contributed by atoms with van der Waals surface area (Å²) in [5, 5.41) is 5.75. The molecule has 4 aliphatic rings. The zero-order valence-electron chi connectivity index (χ0n) is 15.2. The summed E-state index contributed by atoms with van der Waals surface area (Å²) in [6, 6.07) is 3.59.